The minimum absolute atomic E-state index is 0.214. The summed E-state index contributed by atoms with van der Waals surface area (Å²) in [4.78, 5) is 26.0. The SMILES string of the molecule is NC(=O)CCC(NC=O)c1nc(-c2ccccc2)cs1. The molecule has 1 aromatic carbocycles. The van der Waals surface area contributed by atoms with Gasteiger partial charge in [-0.15, -0.1) is 11.3 Å². The molecule has 0 saturated carbocycles. The number of rotatable bonds is 7. The van der Waals surface area contributed by atoms with E-state index in [9.17, 15) is 9.59 Å². The predicted molar refractivity (Wildman–Crippen MR) is 77.9 cm³/mol. The number of hydrogen-bond acceptors (Lipinski definition) is 4. The van der Waals surface area contributed by atoms with E-state index < -0.39 is 0 Å². The number of carbonyl (C=O) groups excluding carboxylic acids is 2. The van der Waals surface area contributed by atoms with Gasteiger partial charge in [0, 0.05) is 17.4 Å². The maximum absolute atomic E-state index is 10.9. The first-order valence-electron chi connectivity index (χ1n) is 6.19. The molecule has 2 aromatic rings. The summed E-state index contributed by atoms with van der Waals surface area (Å²) in [5.41, 5.74) is 7.03. The molecule has 2 amide bonds. The van der Waals surface area contributed by atoms with Gasteiger partial charge in [-0.1, -0.05) is 30.3 Å². The highest BCUT2D eigenvalue weighted by Crippen LogP contribution is 2.27. The smallest absolute Gasteiger partial charge is 0.217 e. The van der Waals surface area contributed by atoms with E-state index in [1.54, 1.807) is 0 Å². The molecule has 1 aromatic heterocycles. The number of hydrogen-bond donors (Lipinski definition) is 2. The number of nitrogens with zero attached hydrogens (tertiary/aromatic N) is 1. The van der Waals surface area contributed by atoms with Crippen LogP contribution in [0.1, 0.15) is 23.9 Å². The Morgan fingerprint density at radius 2 is 2.15 bits per heavy atom. The molecule has 0 radical (unpaired) electrons. The van der Waals surface area contributed by atoms with E-state index in [1.807, 2.05) is 35.7 Å². The third kappa shape index (κ3) is 3.64. The van der Waals surface area contributed by atoms with Crippen molar-refractivity contribution in [2.24, 2.45) is 5.73 Å². The van der Waals surface area contributed by atoms with E-state index in [4.69, 9.17) is 5.73 Å². The highest BCUT2D eigenvalue weighted by Gasteiger charge is 2.16. The lowest BCUT2D eigenvalue weighted by Gasteiger charge is -2.11. The van der Waals surface area contributed by atoms with Gasteiger partial charge in [-0.2, -0.15) is 0 Å². The van der Waals surface area contributed by atoms with Crippen LogP contribution in [0.2, 0.25) is 0 Å². The van der Waals surface area contributed by atoms with E-state index in [1.165, 1.54) is 11.3 Å². The van der Waals surface area contributed by atoms with Crippen LogP contribution in [0.3, 0.4) is 0 Å². The second kappa shape index (κ2) is 6.81. The van der Waals surface area contributed by atoms with Gasteiger partial charge in [0.05, 0.1) is 11.7 Å². The molecule has 1 atom stereocenters. The summed E-state index contributed by atoms with van der Waals surface area (Å²) >= 11 is 1.46. The van der Waals surface area contributed by atoms with E-state index >= 15 is 0 Å². The molecular weight excluding hydrogens is 274 g/mol. The zero-order valence-electron chi connectivity index (χ0n) is 10.8. The van der Waals surface area contributed by atoms with Crippen molar-refractivity contribution < 1.29 is 9.59 Å². The van der Waals surface area contributed by atoms with Crippen LogP contribution in [-0.2, 0) is 9.59 Å². The first-order chi connectivity index (χ1) is 9.70. The Balaban J connectivity index is 2.16. The monoisotopic (exact) mass is 289 g/mol. The zero-order chi connectivity index (χ0) is 14.4. The predicted octanol–water partition coefficient (Wildman–Crippen LogP) is 1.86. The second-order valence-corrected chi connectivity index (χ2v) is 5.17. The number of nitrogens with one attached hydrogen (secondary N) is 1. The summed E-state index contributed by atoms with van der Waals surface area (Å²) in [5.74, 6) is -0.387. The average molecular weight is 289 g/mol. The molecule has 2 rings (SSSR count). The lowest BCUT2D eigenvalue weighted by atomic mass is 10.1. The summed E-state index contributed by atoms with van der Waals surface area (Å²) in [6.07, 6.45) is 1.29. The van der Waals surface area contributed by atoms with Gasteiger partial charge in [0.25, 0.3) is 0 Å². The minimum Gasteiger partial charge on any atom is -0.370 e. The van der Waals surface area contributed by atoms with Crippen molar-refractivity contribution in [3.63, 3.8) is 0 Å². The Morgan fingerprint density at radius 3 is 2.80 bits per heavy atom. The van der Waals surface area contributed by atoms with E-state index in [-0.39, 0.29) is 18.4 Å². The van der Waals surface area contributed by atoms with Crippen LogP contribution < -0.4 is 11.1 Å². The summed E-state index contributed by atoms with van der Waals surface area (Å²) in [6, 6.07) is 9.52. The first-order valence-corrected chi connectivity index (χ1v) is 7.07. The third-order valence-corrected chi connectivity index (χ3v) is 3.80. The van der Waals surface area contributed by atoms with Gasteiger partial charge in [-0.05, 0) is 6.42 Å². The van der Waals surface area contributed by atoms with Gasteiger partial charge in [0.15, 0.2) is 0 Å². The van der Waals surface area contributed by atoms with Crippen LogP contribution in [0.4, 0.5) is 0 Å². The maximum atomic E-state index is 10.9. The average Bonchev–Trinajstić information content (AvgIpc) is 2.94. The molecule has 0 aliphatic carbocycles. The number of thiazole rings is 1. The maximum Gasteiger partial charge on any atom is 0.217 e. The number of amides is 2. The number of benzene rings is 1. The number of nitrogens with two attached hydrogens (primary N) is 1. The summed E-state index contributed by atoms with van der Waals surface area (Å²) in [5, 5.41) is 5.39. The van der Waals surface area contributed by atoms with Crippen molar-refractivity contribution in [1.82, 2.24) is 10.3 Å². The normalized spacial score (nSPS) is 11.8. The summed E-state index contributed by atoms with van der Waals surface area (Å²) in [7, 11) is 0. The Morgan fingerprint density at radius 1 is 1.40 bits per heavy atom. The summed E-state index contributed by atoms with van der Waals surface area (Å²) in [6.45, 7) is 0. The third-order valence-electron chi connectivity index (χ3n) is 2.84. The number of carbonyl (C=O) groups is 2. The molecule has 3 N–H and O–H groups in total. The van der Waals surface area contributed by atoms with Crippen molar-refractivity contribution in [3.8, 4) is 11.3 Å². The largest absolute Gasteiger partial charge is 0.370 e. The van der Waals surface area contributed by atoms with Crippen molar-refractivity contribution in [2.75, 3.05) is 0 Å². The first kappa shape index (κ1) is 14.2. The van der Waals surface area contributed by atoms with E-state index in [2.05, 4.69) is 10.3 Å². The molecule has 1 heterocycles. The van der Waals surface area contributed by atoms with E-state index in [0.29, 0.717) is 12.8 Å². The highest BCUT2D eigenvalue weighted by atomic mass is 32.1. The standard InChI is InChI=1S/C14H15N3O2S/c15-13(19)7-6-11(16-9-18)14-17-12(8-20-14)10-4-2-1-3-5-10/h1-5,8-9,11H,6-7H2,(H2,15,19)(H,16,18). The molecule has 20 heavy (non-hydrogen) atoms. The fourth-order valence-electron chi connectivity index (χ4n) is 1.84. The van der Waals surface area contributed by atoms with Gasteiger partial charge in [-0.3, -0.25) is 9.59 Å². The van der Waals surface area contributed by atoms with Crippen molar-refractivity contribution >= 4 is 23.7 Å². The lowest BCUT2D eigenvalue weighted by molar-refractivity contribution is -0.118. The zero-order valence-corrected chi connectivity index (χ0v) is 11.6. The molecular formula is C14H15N3O2S. The molecule has 0 fully saturated rings. The van der Waals surface area contributed by atoms with Gasteiger partial charge in [0.1, 0.15) is 5.01 Å². The lowest BCUT2D eigenvalue weighted by Crippen LogP contribution is -2.22. The summed E-state index contributed by atoms with van der Waals surface area (Å²) < 4.78 is 0. The highest BCUT2D eigenvalue weighted by molar-refractivity contribution is 7.10. The molecule has 0 bridgehead atoms. The van der Waals surface area contributed by atoms with Gasteiger partial charge < -0.3 is 11.1 Å². The van der Waals surface area contributed by atoms with Crippen LogP contribution in [-0.4, -0.2) is 17.3 Å². The van der Waals surface area contributed by atoms with Gasteiger partial charge >= 0.3 is 0 Å². The van der Waals surface area contributed by atoms with Crippen LogP contribution >= 0.6 is 11.3 Å². The van der Waals surface area contributed by atoms with Crippen LogP contribution in [0.25, 0.3) is 11.3 Å². The fourth-order valence-corrected chi connectivity index (χ4v) is 2.76. The molecule has 1 unspecified atom stereocenters. The molecule has 0 spiro atoms. The number of aromatic nitrogens is 1. The molecule has 0 aliphatic heterocycles. The quantitative estimate of drug-likeness (QED) is 0.763. The molecule has 0 aliphatic rings. The van der Waals surface area contributed by atoms with Crippen LogP contribution in [0, 0.1) is 0 Å². The minimum atomic E-state index is -0.387. The molecule has 104 valence electrons. The van der Waals surface area contributed by atoms with E-state index in [0.717, 1.165) is 16.3 Å². The molecule has 5 nitrogen and oxygen atoms in total. The Labute approximate surface area is 120 Å². The van der Waals surface area contributed by atoms with Crippen molar-refractivity contribution in [3.05, 3.63) is 40.7 Å². The molecule has 6 heteroatoms. The van der Waals surface area contributed by atoms with Crippen LogP contribution in [0.15, 0.2) is 35.7 Å². The fraction of sp³-hybridized carbons (Fsp3) is 0.214. The number of primary amides is 1. The Hall–Kier alpha value is -2.21. The van der Waals surface area contributed by atoms with Crippen molar-refractivity contribution in [1.29, 1.82) is 0 Å². The van der Waals surface area contributed by atoms with Gasteiger partial charge in [0.2, 0.25) is 12.3 Å². The Bertz CT molecular complexity index is 583. The second-order valence-electron chi connectivity index (χ2n) is 4.28. The Kier molecular flexibility index (Phi) is 4.84. The van der Waals surface area contributed by atoms with Crippen molar-refractivity contribution in [2.45, 2.75) is 18.9 Å². The van der Waals surface area contributed by atoms with Gasteiger partial charge in [-0.25, -0.2) is 4.98 Å². The van der Waals surface area contributed by atoms with Crippen LogP contribution in [0.5, 0.6) is 0 Å². The molecule has 0 saturated heterocycles. The topological polar surface area (TPSA) is 85.1 Å².